The molecular weight excluding hydrogens is 312 g/mol. The van der Waals surface area contributed by atoms with Crippen LogP contribution in [0.5, 0.6) is 0 Å². The summed E-state index contributed by atoms with van der Waals surface area (Å²) in [5, 5.41) is 14.1. The minimum Gasteiger partial charge on any atom is -0.480 e. The minimum absolute atomic E-state index is 0.0760. The van der Waals surface area contributed by atoms with Crippen molar-refractivity contribution in [2.75, 3.05) is 6.54 Å². The SMILES string of the molecule is C=CC(=O)NCCCCC(NC(=O)OCc1ccccc1)C(=O)O. The summed E-state index contributed by atoms with van der Waals surface area (Å²) in [5.74, 6) is -1.39. The monoisotopic (exact) mass is 334 g/mol. The van der Waals surface area contributed by atoms with Crippen LogP contribution in [0, 0.1) is 0 Å². The van der Waals surface area contributed by atoms with Gasteiger partial charge in [0.2, 0.25) is 5.91 Å². The van der Waals surface area contributed by atoms with Gasteiger partial charge >= 0.3 is 12.1 Å². The number of hydrogen-bond donors (Lipinski definition) is 3. The number of alkyl carbamates (subject to hydrolysis) is 1. The van der Waals surface area contributed by atoms with Crippen LogP contribution in [-0.2, 0) is 20.9 Å². The summed E-state index contributed by atoms with van der Waals surface area (Å²) >= 11 is 0. The van der Waals surface area contributed by atoms with Gasteiger partial charge in [-0.25, -0.2) is 9.59 Å². The van der Waals surface area contributed by atoms with Crippen molar-refractivity contribution in [3.8, 4) is 0 Å². The molecule has 2 amide bonds. The molecule has 0 aliphatic carbocycles. The predicted molar refractivity (Wildman–Crippen MR) is 88.2 cm³/mol. The lowest BCUT2D eigenvalue weighted by molar-refractivity contribution is -0.139. The van der Waals surface area contributed by atoms with Gasteiger partial charge in [-0.15, -0.1) is 0 Å². The Morgan fingerprint density at radius 1 is 1.21 bits per heavy atom. The number of hydrogen-bond acceptors (Lipinski definition) is 4. The molecule has 0 bridgehead atoms. The smallest absolute Gasteiger partial charge is 0.408 e. The fourth-order valence-corrected chi connectivity index (χ4v) is 1.92. The highest BCUT2D eigenvalue weighted by atomic mass is 16.5. The van der Waals surface area contributed by atoms with Gasteiger partial charge in [-0.3, -0.25) is 4.79 Å². The molecule has 1 rings (SSSR count). The van der Waals surface area contributed by atoms with Crippen LogP contribution >= 0.6 is 0 Å². The van der Waals surface area contributed by atoms with Crippen molar-refractivity contribution in [1.29, 1.82) is 0 Å². The zero-order valence-electron chi connectivity index (χ0n) is 13.4. The van der Waals surface area contributed by atoms with Crippen molar-refractivity contribution in [3.05, 3.63) is 48.6 Å². The lowest BCUT2D eigenvalue weighted by Crippen LogP contribution is -2.41. The number of carbonyl (C=O) groups is 3. The summed E-state index contributed by atoms with van der Waals surface area (Å²) in [7, 11) is 0. The molecule has 0 saturated carbocycles. The molecule has 7 heteroatoms. The van der Waals surface area contributed by atoms with Gasteiger partial charge in [-0.2, -0.15) is 0 Å². The van der Waals surface area contributed by atoms with E-state index in [9.17, 15) is 14.4 Å². The van der Waals surface area contributed by atoms with Crippen LogP contribution in [0.3, 0.4) is 0 Å². The highest BCUT2D eigenvalue weighted by Crippen LogP contribution is 2.04. The molecule has 1 unspecified atom stereocenters. The Labute approximate surface area is 140 Å². The molecule has 1 aromatic carbocycles. The van der Waals surface area contributed by atoms with E-state index >= 15 is 0 Å². The second-order valence-electron chi connectivity index (χ2n) is 5.09. The quantitative estimate of drug-likeness (QED) is 0.447. The molecule has 0 aliphatic heterocycles. The fourth-order valence-electron chi connectivity index (χ4n) is 1.92. The molecule has 0 fully saturated rings. The van der Waals surface area contributed by atoms with Gasteiger partial charge in [-0.1, -0.05) is 36.9 Å². The molecule has 1 aromatic rings. The second-order valence-corrected chi connectivity index (χ2v) is 5.09. The van der Waals surface area contributed by atoms with Crippen molar-refractivity contribution in [2.45, 2.75) is 31.9 Å². The van der Waals surface area contributed by atoms with Gasteiger partial charge in [-0.05, 0) is 30.9 Å². The lowest BCUT2D eigenvalue weighted by atomic mass is 10.1. The third-order valence-corrected chi connectivity index (χ3v) is 3.21. The van der Waals surface area contributed by atoms with Gasteiger partial charge in [0.1, 0.15) is 12.6 Å². The van der Waals surface area contributed by atoms with E-state index in [2.05, 4.69) is 17.2 Å². The van der Waals surface area contributed by atoms with Crippen LogP contribution < -0.4 is 10.6 Å². The standard InChI is InChI=1S/C17H22N2O5/c1-2-15(20)18-11-7-6-10-14(16(21)22)19-17(23)24-12-13-8-4-3-5-9-13/h2-5,8-9,14H,1,6-7,10-12H2,(H,18,20)(H,19,23)(H,21,22). The van der Waals surface area contributed by atoms with E-state index in [1.807, 2.05) is 18.2 Å². The molecular formula is C17H22N2O5. The number of nitrogens with one attached hydrogen (secondary N) is 2. The molecule has 7 nitrogen and oxygen atoms in total. The Morgan fingerprint density at radius 3 is 2.54 bits per heavy atom. The first-order chi connectivity index (χ1) is 11.5. The van der Waals surface area contributed by atoms with E-state index in [-0.39, 0.29) is 18.9 Å². The van der Waals surface area contributed by atoms with Crippen molar-refractivity contribution >= 4 is 18.0 Å². The fraction of sp³-hybridized carbons (Fsp3) is 0.353. The van der Waals surface area contributed by atoms with Crippen LogP contribution in [0.25, 0.3) is 0 Å². The number of rotatable bonds is 10. The number of carboxylic acids is 1. The largest absolute Gasteiger partial charge is 0.480 e. The van der Waals surface area contributed by atoms with Gasteiger partial charge in [0.05, 0.1) is 0 Å². The number of amides is 2. The lowest BCUT2D eigenvalue weighted by Gasteiger charge is -2.14. The summed E-state index contributed by atoms with van der Waals surface area (Å²) in [6.07, 6.45) is 1.79. The summed E-state index contributed by atoms with van der Waals surface area (Å²) in [6, 6.07) is 8.08. The zero-order valence-corrected chi connectivity index (χ0v) is 13.4. The Hall–Kier alpha value is -2.83. The molecule has 0 heterocycles. The molecule has 24 heavy (non-hydrogen) atoms. The summed E-state index contributed by atoms with van der Waals surface area (Å²) in [5.41, 5.74) is 0.817. The maximum Gasteiger partial charge on any atom is 0.408 e. The minimum atomic E-state index is -1.12. The Morgan fingerprint density at radius 2 is 1.92 bits per heavy atom. The molecule has 0 aliphatic rings. The van der Waals surface area contributed by atoms with Crippen molar-refractivity contribution in [1.82, 2.24) is 10.6 Å². The summed E-state index contributed by atoms with van der Waals surface area (Å²) in [6.45, 7) is 3.83. The highest BCUT2D eigenvalue weighted by Gasteiger charge is 2.20. The number of carbonyl (C=O) groups excluding carboxylic acids is 2. The number of benzene rings is 1. The second kappa shape index (κ2) is 10.8. The first-order valence-electron chi connectivity index (χ1n) is 7.63. The molecule has 130 valence electrons. The van der Waals surface area contributed by atoms with Crippen LogP contribution in [0.2, 0.25) is 0 Å². The molecule has 0 spiro atoms. The zero-order chi connectivity index (χ0) is 17.8. The third kappa shape index (κ3) is 7.98. The molecule has 0 saturated heterocycles. The topological polar surface area (TPSA) is 105 Å². The van der Waals surface area contributed by atoms with E-state index < -0.39 is 18.1 Å². The maximum absolute atomic E-state index is 11.7. The number of carboxylic acid groups (broad SMARTS) is 1. The molecule has 3 N–H and O–H groups in total. The van der Waals surface area contributed by atoms with Crippen LogP contribution in [0.4, 0.5) is 4.79 Å². The van der Waals surface area contributed by atoms with Crippen LogP contribution in [0.1, 0.15) is 24.8 Å². The molecule has 1 atom stereocenters. The first-order valence-corrected chi connectivity index (χ1v) is 7.63. The van der Waals surface area contributed by atoms with Crippen molar-refractivity contribution < 1.29 is 24.2 Å². The van der Waals surface area contributed by atoms with E-state index in [1.165, 1.54) is 6.08 Å². The predicted octanol–water partition coefficient (Wildman–Crippen LogP) is 1.84. The van der Waals surface area contributed by atoms with Crippen LogP contribution in [0.15, 0.2) is 43.0 Å². The van der Waals surface area contributed by atoms with E-state index in [0.717, 1.165) is 5.56 Å². The summed E-state index contributed by atoms with van der Waals surface area (Å²) in [4.78, 5) is 33.8. The van der Waals surface area contributed by atoms with E-state index in [0.29, 0.717) is 19.4 Å². The van der Waals surface area contributed by atoms with E-state index in [1.54, 1.807) is 12.1 Å². The Balaban J connectivity index is 2.29. The highest BCUT2D eigenvalue weighted by molar-refractivity contribution is 5.86. The normalized spacial score (nSPS) is 11.2. The van der Waals surface area contributed by atoms with Crippen LogP contribution in [-0.4, -0.2) is 35.7 Å². The van der Waals surface area contributed by atoms with Crippen molar-refractivity contribution in [2.24, 2.45) is 0 Å². The van der Waals surface area contributed by atoms with Gasteiger partial charge in [0.15, 0.2) is 0 Å². The Bertz CT molecular complexity index is 559. The average Bonchev–Trinajstić information content (AvgIpc) is 2.59. The number of unbranched alkanes of at least 4 members (excludes halogenated alkanes) is 1. The Kier molecular flexibility index (Phi) is 8.67. The number of aliphatic carboxylic acids is 1. The van der Waals surface area contributed by atoms with Crippen molar-refractivity contribution in [3.63, 3.8) is 0 Å². The molecule has 0 aromatic heterocycles. The third-order valence-electron chi connectivity index (χ3n) is 3.21. The van der Waals surface area contributed by atoms with E-state index in [4.69, 9.17) is 9.84 Å². The van der Waals surface area contributed by atoms with Gasteiger partial charge < -0.3 is 20.5 Å². The number of ether oxygens (including phenoxy) is 1. The summed E-state index contributed by atoms with van der Waals surface area (Å²) < 4.78 is 5.00. The maximum atomic E-state index is 11.7. The first kappa shape index (κ1) is 19.2. The average molecular weight is 334 g/mol. The van der Waals surface area contributed by atoms with Gasteiger partial charge in [0, 0.05) is 6.54 Å². The molecule has 0 radical (unpaired) electrons. The van der Waals surface area contributed by atoms with Gasteiger partial charge in [0.25, 0.3) is 0 Å².